The van der Waals surface area contributed by atoms with Crippen LogP contribution in [0.3, 0.4) is 0 Å². The molecule has 0 bridgehead atoms. The van der Waals surface area contributed by atoms with E-state index in [1.54, 1.807) is 0 Å². The Balaban J connectivity index is 2.14. The maximum Gasteiger partial charge on any atom is 0.253 e. The summed E-state index contributed by atoms with van der Waals surface area (Å²) in [5.41, 5.74) is 0.434. The van der Waals surface area contributed by atoms with E-state index in [1.807, 2.05) is 6.07 Å². The van der Waals surface area contributed by atoms with Gasteiger partial charge >= 0.3 is 0 Å². The number of hydrogen-bond acceptors (Lipinski definition) is 2. The molecule has 6 heteroatoms. The zero-order chi connectivity index (χ0) is 14.0. The first-order chi connectivity index (χ1) is 8.96. The van der Waals surface area contributed by atoms with E-state index in [9.17, 15) is 4.79 Å². The molecule has 1 aromatic rings. The summed E-state index contributed by atoms with van der Waals surface area (Å²) in [6.45, 7) is 2.23. The van der Waals surface area contributed by atoms with Gasteiger partial charge in [-0.3, -0.25) is 4.79 Å². The Labute approximate surface area is 139 Å². The highest BCUT2D eigenvalue weighted by molar-refractivity contribution is 9.12. The minimum absolute atomic E-state index is 0.0384. The van der Waals surface area contributed by atoms with Crippen LogP contribution >= 0.6 is 54.8 Å². The number of alkyl halides is 1. The fraction of sp³-hybridized carbons (Fsp3) is 0.615. The number of thiophene rings is 1. The van der Waals surface area contributed by atoms with Gasteiger partial charge in [0.25, 0.3) is 5.91 Å². The topological polar surface area (TPSA) is 29.1 Å². The van der Waals surface area contributed by atoms with Crippen LogP contribution in [0.2, 0.25) is 0 Å². The van der Waals surface area contributed by atoms with Gasteiger partial charge in [-0.25, -0.2) is 0 Å². The molecule has 2 unspecified atom stereocenters. The van der Waals surface area contributed by atoms with Gasteiger partial charge in [0.05, 0.1) is 18.7 Å². The zero-order valence-corrected chi connectivity index (χ0v) is 15.4. The van der Waals surface area contributed by atoms with Crippen LogP contribution in [0.1, 0.15) is 43.0 Å². The molecule has 1 heterocycles. The average Bonchev–Trinajstić information content (AvgIpc) is 2.68. The number of halogens is 3. The molecule has 1 amide bonds. The summed E-state index contributed by atoms with van der Waals surface area (Å²) in [5, 5.41) is 3.17. The van der Waals surface area contributed by atoms with E-state index in [1.165, 1.54) is 17.8 Å². The van der Waals surface area contributed by atoms with Crippen LogP contribution in [-0.4, -0.2) is 17.3 Å². The van der Waals surface area contributed by atoms with Gasteiger partial charge in [-0.2, -0.15) is 0 Å². The highest BCUT2D eigenvalue weighted by atomic mass is 79.9. The molecule has 1 aliphatic rings. The van der Waals surface area contributed by atoms with Crippen molar-refractivity contribution in [2.75, 3.05) is 5.88 Å². The molecule has 1 saturated carbocycles. The van der Waals surface area contributed by atoms with E-state index in [-0.39, 0.29) is 11.4 Å². The summed E-state index contributed by atoms with van der Waals surface area (Å²) >= 11 is 14.5. The first-order valence-electron chi connectivity index (χ1n) is 6.29. The molecular formula is C13H16Br2ClNOS. The molecule has 106 valence electrons. The van der Waals surface area contributed by atoms with Crippen molar-refractivity contribution in [3.8, 4) is 0 Å². The number of hydrogen-bond donors (Lipinski definition) is 1. The maximum atomic E-state index is 12.4. The summed E-state index contributed by atoms with van der Waals surface area (Å²) in [4.78, 5) is 12.4. The van der Waals surface area contributed by atoms with Crippen LogP contribution in [0.25, 0.3) is 0 Å². The van der Waals surface area contributed by atoms with Crippen LogP contribution in [0.4, 0.5) is 0 Å². The third-order valence-corrected chi connectivity index (χ3v) is 6.48. The Morgan fingerprint density at radius 1 is 1.63 bits per heavy atom. The predicted octanol–water partition coefficient (Wildman–Crippen LogP) is 5.19. The van der Waals surface area contributed by atoms with E-state index in [0.717, 1.165) is 26.8 Å². The molecule has 0 saturated heterocycles. The highest BCUT2D eigenvalue weighted by Gasteiger charge is 2.36. The maximum absolute atomic E-state index is 12.4. The summed E-state index contributed by atoms with van der Waals surface area (Å²) in [7, 11) is 0. The van der Waals surface area contributed by atoms with Gasteiger partial charge in [-0.1, -0.05) is 19.8 Å². The summed E-state index contributed by atoms with van der Waals surface area (Å²) in [6, 6.07) is 1.85. The smallest absolute Gasteiger partial charge is 0.253 e. The standard InChI is InChI=1S/C13H16Br2ClNOS/c1-8-3-2-4-13(6-8,7-16)17-12(18)9-5-10(14)19-11(9)15/h5,8H,2-4,6-7H2,1H3,(H,17,18). The third kappa shape index (κ3) is 3.74. The van der Waals surface area contributed by atoms with Crippen molar-refractivity contribution < 1.29 is 4.79 Å². The molecule has 0 aromatic carbocycles. The fourth-order valence-corrected chi connectivity index (χ4v) is 5.83. The van der Waals surface area contributed by atoms with Gasteiger partial charge in [0.1, 0.15) is 0 Å². The molecule has 2 nitrogen and oxygen atoms in total. The zero-order valence-electron chi connectivity index (χ0n) is 10.6. The Morgan fingerprint density at radius 3 is 2.89 bits per heavy atom. The van der Waals surface area contributed by atoms with Crippen molar-refractivity contribution in [1.29, 1.82) is 0 Å². The minimum Gasteiger partial charge on any atom is -0.345 e. The molecule has 2 rings (SSSR count). The normalized spacial score (nSPS) is 27.3. The second kappa shape index (κ2) is 6.46. The monoisotopic (exact) mass is 427 g/mol. The predicted molar refractivity (Wildman–Crippen MR) is 88.3 cm³/mol. The van der Waals surface area contributed by atoms with Gasteiger partial charge < -0.3 is 5.32 Å². The van der Waals surface area contributed by atoms with Gasteiger partial charge in [-0.05, 0) is 56.7 Å². The largest absolute Gasteiger partial charge is 0.345 e. The van der Waals surface area contributed by atoms with E-state index in [4.69, 9.17) is 11.6 Å². The number of rotatable bonds is 3. The van der Waals surface area contributed by atoms with Gasteiger partial charge in [0, 0.05) is 5.88 Å². The SMILES string of the molecule is CC1CCCC(CCl)(NC(=O)c2cc(Br)sc2Br)C1. The van der Waals surface area contributed by atoms with Gasteiger partial charge in [0.2, 0.25) is 0 Å². The molecule has 1 aromatic heterocycles. The second-order valence-corrected chi connectivity index (χ2v) is 9.32. The van der Waals surface area contributed by atoms with Crippen LogP contribution in [0.15, 0.2) is 13.6 Å². The molecule has 1 fully saturated rings. The second-order valence-electron chi connectivity index (χ2n) is 5.31. The van der Waals surface area contributed by atoms with Crippen molar-refractivity contribution in [2.24, 2.45) is 5.92 Å². The van der Waals surface area contributed by atoms with Crippen molar-refractivity contribution in [3.63, 3.8) is 0 Å². The Kier molecular flexibility index (Phi) is 5.37. The molecule has 2 atom stereocenters. The van der Waals surface area contributed by atoms with Crippen molar-refractivity contribution in [1.82, 2.24) is 5.32 Å². The lowest BCUT2D eigenvalue weighted by atomic mass is 9.77. The molecule has 1 aliphatic carbocycles. The average molecular weight is 430 g/mol. The number of carbonyl (C=O) groups excluding carboxylic acids is 1. The molecule has 0 radical (unpaired) electrons. The first-order valence-corrected chi connectivity index (χ1v) is 9.23. The number of amides is 1. The summed E-state index contributed by atoms with van der Waals surface area (Å²) in [6.07, 6.45) is 4.28. The quantitative estimate of drug-likeness (QED) is 0.658. The van der Waals surface area contributed by atoms with Gasteiger partial charge in [0.15, 0.2) is 0 Å². The Bertz CT molecular complexity index is 479. The minimum atomic E-state index is -0.246. The Morgan fingerprint density at radius 2 is 2.37 bits per heavy atom. The lowest BCUT2D eigenvalue weighted by Gasteiger charge is -2.39. The molecule has 0 spiro atoms. The van der Waals surface area contributed by atoms with Crippen LogP contribution in [0, 0.1) is 5.92 Å². The van der Waals surface area contributed by atoms with E-state index >= 15 is 0 Å². The van der Waals surface area contributed by atoms with Crippen LogP contribution in [-0.2, 0) is 0 Å². The van der Waals surface area contributed by atoms with E-state index in [2.05, 4.69) is 44.1 Å². The van der Waals surface area contributed by atoms with Crippen LogP contribution < -0.4 is 5.32 Å². The fourth-order valence-electron chi connectivity index (χ4n) is 2.73. The summed E-state index contributed by atoms with van der Waals surface area (Å²) < 4.78 is 1.80. The van der Waals surface area contributed by atoms with Crippen LogP contribution in [0.5, 0.6) is 0 Å². The number of carbonyl (C=O) groups is 1. The lowest BCUT2D eigenvalue weighted by molar-refractivity contribution is 0.0867. The van der Waals surface area contributed by atoms with E-state index in [0.29, 0.717) is 17.4 Å². The van der Waals surface area contributed by atoms with Crippen molar-refractivity contribution >= 4 is 60.7 Å². The molecule has 19 heavy (non-hydrogen) atoms. The van der Waals surface area contributed by atoms with Gasteiger partial charge in [-0.15, -0.1) is 22.9 Å². The summed E-state index contributed by atoms with van der Waals surface area (Å²) in [5.74, 6) is 1.06. The Hall–Kier alpha value is 0.420. The highest BCUT2D eigenvalue weighted by Crippen LogP contribution is 2.35. The lowest BCUT2D eigenvalue weighted by Crippen LogP contribution is -2.52. The first kappa shape index (κ1) is 15.8. The molecular weight excluding hydrogens is 413 g/mol. The molecule has 0 aliphatic heterocycles. The third-order valence-electron chi connectivity index (χ3n) is 3.63. The van der Waals surface area contributed by atoms with E-state index < -0.39 is 0 Å². The van der Waals surface area contributed by atoms with Crippen molar-refractivity contribution in [3.05, 3.63) is 19.2 Å². The molecule has 1 N–H and O–H groups in total. The van der Waals surface area contributed by atoms with Crippen molar-refractivity contribution in [2.45, 2.75) is 38.1 Å². The number of nitrogens with one attached hydrogen (secondary N) is 1.